The van der Waals surface area contributed by atoms with Gasteiger partial charge in [0.05, 0.1) is 6.54 Å². The zero-order chi connectivity index (χ0) is 13.4. The summed E-state index contributed by atoms with van der Waals surface area (Å²) in [6.45, 7) is 5.94. The zero-order valence-electron chi connectivity index (χ0n) is 10.8. The molecule has 0 spiro atoms. The lowest BCUT2D eigenvalue weighted by Gasteiger charge is -2.07. The third-order valence-electron chi connectivity index (χ3n) is 2.31. The minimum absolute atomic E-state index is 0.0494. The van der Waals surface area contributed by atoms with Gasteiger partial charge in [-0.3, -0.25) is 4.79 Å². The van der Waals surface area contributed by atoms with E-state index >= 15 is 0 Å². The predicted molar refractivity (Wildman–Crippen MR) is 67.6 cm³/mol. The van der Waals surface area contributed by atoms with E-state index in [2.05, 4.69) is 24.5 Å². The van der Waals surface area contributed by atoms with E-state index in [0.717, 1.165) is 0 Å². The molecule has 1 aromatic rings. The molecule has 5 nitrogen and oxygen atoms in total. The maximum Gasteiger partial charge on any atom is 0.221 e. The molecule has 1 heterocycles. The Balaban J connectivity index is 2.11. The number of rotatable bonds is 7. The molecule has 1 amide bonds. The third-order valence-corrected chi connectivity index (χ3v) is 2.31. The first-order valence-corrected chi connectivity index (χ1v) is 6.08. The van der Waals surface area contributed by atoms with Crippen LogP contribution in [0.3, 0.4) is 0 Å². The molecule has 1 rings (SSSR count). The summed E-state index contributed by atoms with van der Waals surface area (Å²) in [7, 11) is 0. The van der Waals surface area contributed by atoms with Gasteiger partial charge in [-0.25, -0.2) is 0 Å². The Bertz CT molecular complexity index is 418. The third kappa shape index (κ3) is 5.51. The highest BCUT2D eigenvalue weighted by Crippen LogP contribution is 2.05. The fourth-order valence-corrected chi connectivity index (χ4v) is 1.35. The Morgan fingerprint density at radius 3 is 2.89 bits per heavy atom. The van der Waals surface area contributed by atoms with Crippen LogP contribution >= 0.6 is 0 Å². The van der Waals surface area contributed by atoms with Gasteiger partial charge in [-0.05, 0) is 18.1 Å². The molecule has 0 aliphatic heterocycles. The molecule has 18 heavy (non-hydrogen) atoms. The molecule has 0 atom stereocenters. The fourth-order valence-electron chi connectivity index (χ4n) is 1.35. The second kappa shape index (κ2) is 7.51. The lowest BCUT2D eigenvalue weighted by molar-refractivity contribution is -0.121. The van der Waals surface area contributed by atoms with Crippen LogP contribution in [-0.2, 0) is 11.3 Å². The molecule has 0 saturated carbocycles. The van der Waals surface area contributed by atoms with Crippen LogP contribution in [0.1, 0.15) is 31.8 Å². The van der Waals surface area contributed by atoms with E-state index in [1.54, 1.807) is 12.1 Å². The summed E-state index contributed by atoms with van der Waals surface area (Å²) in [5.41, 5.74) is 0. The van der Waals surface area contributed by atoms with E-state index in [4.69, 9.17) is 9.68 Å². The number of hydrogen-bond acceptors (Lipinski definition) is 4. The van der Waals surface area contributed by atoms with E-state index < -0.39 is 0 Å². The van der Waals surface area contributed by atoms with Gasteiger partial charge in [0.1, 0.15) is 11.8 Å². The largest absolute Gasteiger partial charge is 0.449 e. The number of nitrogens with zero attached hydrogens (tertiary/aromatic N) is 1. The Hall–Kier alpha value is -1.80. The lowest BCUT2D eigenvalue weighted by atomic mass is 10.2. The molecule has 1 aromatic heterocycles. The molecular weight excluding hydrogens is 230 g/mol. The summed E-state index contributed by atoms with van der Waals surface area (Å²) in [5, 5.41) is 14.5. The first-order chi connectivity index (χ1) is 8.61. The number of nitrogens with one attached hydrogen (secondary N) is 2. The van der Waals surface area contributed by atoms with E-state index in [1.165, 1.54) is 0 Å². The van der Waals surface area contributed by atoms with Crippen LogP contribution in [0, 0.1) is 17.2 Å². The van der Waals surface area contributed by atoms with E-state index in [-0.39, 0.29) is 5.91 Å². The van der Waals surface area contributed by atoms with Crippen molar-refractivity contribution < 1.29 is 9.21 Å². The van der Waals surface area contributed by atoms with E-state index in [1.807, 2.05) is 6.07 Å². The van der Waals surface area contributed by atoms with Crippen LogP contribution in [0.2, 0.25) is 0 Å². The smallest absolute Gasteiger partial charge is 0.221 e. The van der Waals surface area contributed by atoms with Gasteiger partial charge in [0.25, 0.3) is 0 Å². The van der Waals surface area contributed by atoms with Gasteiger partial charge in [0.2, 0.25) is 11.7 Å². The summed E-state index contributed by atoms with van der Waals surface area (Å²) < 4.78 is 5.19. The van der Waals surface area contributed by atoms with Crippen molar-refractivity contribution >= 4 is 5.91 Å². The zero-order valence-corrected chi connectivity index (χ0v) is 10.8. The molecule has 5 heteroatoms. The SMILES string of the molecule is CC(C)CNC(=O)CCNCc1ccc(C#N)o1. The monoisotopic (exact) mass is 249 g/mol. The van der Waals surface area contributed by atoms with Gasteiger partial charge in [-0.2, -0.15) is 5.26 Å². The molecule has 0 saturated heterocycles. The van der Waals surface area contributed by atoms with Gasteiger partial charge in [0, 0.05) is 19.5 Å². The van der Waals surface area contributed by atoms with Crippen molar-refractivity contribution in [1.82, 2.24) is 10.6 Å². The number of amides is 1. The summed E-state index contributed by atoms with van der Waals surface area (Å²) in [6, 6.07) is 5.31. The molecule has 0 radical (unpaired) electrons. The number of furan rings is 1. The molecule has 0 unspecified atom stereocenters. The molecular formula is C13H19N3O2. The van der Waals surface area contributed by atoms with Crippen molar-refractivity contribution in [2.45, 2.75) is 26.8 Å². The van der Waals surface area contributed by atoms with Crippen LogP contribution in [0.4, 0.5) is 0 Å². The summed E-state index contributed by atoms with van der Waals surface area (Å²) >= 11 is 0. The lowest BCUT2D eigenvalue weighted by Crippen LogP contribution is -2.30. The minimum Gasteiger partial charge on any atom is -0.449 e. The Kier molecular flexibility index (Phi) is 5.95. The van der Waals surface area contributed by atoms with Crippen LogP contribution in [0.25, 0.3) is 0 Å². The van der Waals surface area contributed by atoms with Gasteiger partial charge >= 0.3 is 0 Å². The maximum absolute atomic E-state index is 11.4. The number of carbonyl (C=O) groups excluding carboxylic acids is 1. The number of carbonyl (C=O) groups is 1. The summed E-state index contributed by atoms with van der Waals surface area (Å²) in [4.78, 5) is 11.4. The highest BCUT2D eigenvalue weighted by atomic mass is 16.3. The standard InChI is InChI=1S/C13H19N3O2/c1-10(2)8-16-13(17)5-6-15-9-12-4-3-11(7-14)18-12/h3-4,10,15H,5-6,8-9H2,1-2H3,(H,16,17). The highest BCUT2D eigenvalue weighted by Gasteiger charge is 2.03. The fraction of sp³-hybridized carbons (Fsp3) is 0.538. The van der Waals surface area contributed by atoms with Crippen molar-refractivity contribution in [3.05, 3.63) is 23.7 Å². The quantitative estimate of drug-likeness (QED) is 0.716. The van der Waals surface area contributed by atoms with Crippen LogP contribution in [0.5, 0.6) is 0 Å². The molecule has 0 aromatic carbocycles. The second-order valence-electron chi connectivity index (χ2n) is 4.50. The molecule has 0 aliphatic rings. The van der Waals surface area contributed by atoms with Gasteiger partial charge < -0.3 is 15.1 Å². The van der Waals surface area contributed by atoms with Crippen molar-refractivity contribution in [3.8, 4) is 6.07 Å². The van der Waals surface area contributed by atoms with Crippen molar-refractivity contribution in [1.29, 1.82) is 5.26 Å². The topological polar surface area (TPSA) is 78.1 Å². The van der Waals surface area contributed by atoms with Crippen molar-refractivity contribution in [2.24, 2.45) is 5.92 Å². The Labute approximate surface area is 107 Å². The van der Waals surface area contributed by atoms with E-state index in [0.29, 0.717) is 43.5 Å². The average Bonchev–Trinajstić information content (AvgIpc) is 2.80. The summed E-state index contributed by atoms with van der Waals surface area (Å²) in [5.74, 6) is 1.53. The van der Waals surface area contributed by atoms with Gasteiger partial charge in [0.15, 0.2) is 0 Å². The van der Waals surface area contributed by atoms with Crippen LogP contribution in [-0.4, -0.2) is 19.0 Å². The molecule has 98 valence electrons. The van der Waals surface area contributed by atoms with Crippen LogP contribution < -0.4 is 10.6 Å². The number of hydrogen-bond donors (Lipinski definition) is 2. The maximum atomic E-state index is 11.4. The minimum atomic E-state index is 0.0494. The van der Waals surface area contributed by atoms with E-state index in [9.17, 15) is 4.79 Å². The van der Waals surface area contributed by atoms with Crippen molar-refractivity contribution in [2.75, 3.05) is 13.1 Å². The Morgan fingerprint density at radius 2 is 2.28 bits per heavy atom. The average molecular weight is 249 g/mol. The van der Waals surface area contributed by atoms with Gasteiger partial charge in [-0.1, -0.05) is 13.8 Å². The predicted octanol–water partition coefficient (Wildman–Crippen LogP) is 1.40. The molecule has 2 N–H and O–H groups in total. The molecule has 0 bridgehead atoms. The summed E-state index contributed by atoms with van der Waals surface area (Å²) in [6.07, 6.45) is 0.443. The normalized spacial score (nSPS) is 10.3. The second-order valence-corrected chi connectivity index (χ2v) is 4.50. The van der Waals surface area contributed by atoms with Gasteiger partial charge in [-0.15, -0.1) is 0 Å². The number of nitriles is 1. The van der Waals surface area contributed by atoms with Crippen molar-refractivity contribution in [3.63, 3.8) is 0 Å². The highest BCUT2D eigenvalue weighted by molar-refractivity contribution is 5.76. The molecule has 0 aliphatic carbocycles. The first-order valence-electron chi connectivity index (χ1n) is 6.08. The van der Waals surface area contributed by atoms with Crippen LogP contribution in [0.15, 0.2) is 16.5 Å². The first kappa shape index (κ1) is 14.3. The molecule has 0 fully saturated rings. The Morgan fingerprint density at radius 1 is 1.50 bits per heavy atom.